The maximum absolute atomic E-state index is 12.7. The van der Waals surface area contributed by atoms with Gasteiger partial charge in [-0.05, 0) is 38.5 Å². The minimum absolute atomic E-state index is 0.0571. The van der Waals surface area contributed by atoms with E-state index in [0.717, 1.165) is 32.1 Å². The largest absolute Gasteiger partial charge is 0.472 e. The second-order valence-corrected chi connectivity index (χ2v) is 21.7. The zero-order valence-electron chi connectivity index (χ0n) is 45.1. The van der Waals surface area contributed by atoms with Crippen molar-refractivity contribution in [3.63, 3.8) is 0 Å². The lowest BCUT2D eigenvalue weighted by Crippen LogP contribution is -2.29. The Morgan fingerprint density at radius 3 is 1.04 bits per heavy atom. The summed E-state index contributed by atoms with van der Waals surface area (Å²) < 4.78 is 33.1. The molecule has 0 aliphatic rings. The number of unbranched alkanes of at least 4 members (excludes halogenated alkanes) is 42. The summed E-state index contributed by atoms with van der Waals surface area (Å²) in [7, 11) is -4.38. The Hall–Kier alpha value is -1.25. The minimum atomic E-state index is -4.38. The van der Waals surface area contributed by atoms with Crippen molar-refractivity contribution in [2.75, 3.05) is 26.4 Å². The van der Waals surface area contributed by atoms with Crippen molar-refractivity contribution < 1.29 is 37.6 Å². The standard InChI is InChI=1S/C58H114NO8P/c1-3-5-7-9-11-13-15-17-19-21-23-25-27-28-29-31-33-35-37-39-41-43-45-47-49-51-58(61)67-56(55-66-68(62,63)65-53-52-59)54-64-57(60)50-48-46-44-42-40-38-36-34-32-30-26-24-22-20-18-16-14-12-10-8-6-4-2/h21,23,56H,3-20,22,24-55,59H2,1-2H3,(H,62,63)/b23-21-. The number of nitrogens with two attached hydrogens (primary N) is 1. The number of phosphoric acid groups is 1. The molecule has 0 bridgehead atoms. The molecule has 0 saturated carbocycles. The van der Waals surface area contributed by atoms with Crippen molar-refractivity contribution in [3.8, 4) is 0 Å². The normalized spacial score (nSPS) is 13.1. The van der Waals surface area contributed by atoms with Gasteiger partial charge in [-0.25, -0.2) is 4.57 Å². The van der Waals surface area contributed by atoms with Gasteiger partial charge in [-0.3, -0.25) is 18.6 Å². The van der Waals surface area contributed by atoms with Gasteiger partial charge in [-0.1, -0.05) is 276 Å². The zero-order valence-corrected chi connectivity index (χ0v) is 46.0. The fourth-order valence-corrected chi connectivity index (χ4v) is 9.75. The average molecular weight is 985 g/mol. The van der Waals surface area contributed by atoms with Crippen molar-refractivity contribution in [1.82, 2.24) is 0 Å². The Bertz CT molecular complexity index is 1120. The first kappa shape index (κ1) is 66.8. The molecule has 2 unspecified atom stereocenters. The summed E-state index contributed by atoms with van der Waals surface area (Å²) in [6, 6.07) is 0. The summed E-state index contributed by atoms with van der Waals surface area (Å²) in [5, 5.41) is 0. The van der Waals surface area contributed by atoms with E-state index in [1.165, 1.54) is 250 Å². The molecular weight excluding hydrogens is 870 g/mol. The van der Waals surface area contributed by atoms with Gasteiger partial charge in [0.1, 0.15) is 6.61 Å². The Morgan fingerprint density at radius 1 is 0.426 bits per heavy atom. The molecule has 10 heteroatoms. The minimum Gasteiger partial charge on any atom is -0.462 e. The van der Waals surface area contributed by atoms with Gasteiger partial charge in [0.2, 0.25) is 0 Å². The summed E-state index contributed by atoms with van der Waals surface area (Å²) in [4.78, 5) is 35.2. The number of esters is 2. The lowest BCUT2D eigenvalue weighted by Gasteiger charge is -2.19. The van der Waals surface area contributed by atoms with E-state index in [4.69, 9.17) is 24.3 Å². The van der Waals surface area contributed by atoms with Crippen LogP contribution in [-0.2, 0) is 32.7 Å². The highest BCUT2D eigenvalue weighted by Gasteiger charge is 2.26. The van der Waals surface area contributed by atoms with E-state index >= 15 is 0 Å². The Morgan fingerprint density at radius 2 is 0.721 bits per heavy atom. The number of carbonyl (C=O) groups is 2. The SMILES string of the molecule is CCCCCCCCCC/C=C\CCCCCCCCCCCCCCCC(=O)OC(COC(=O)CCCCCCCCCCCCCCCCCCCCCCCC)COP(=O)(O)OCCN. The van der Waals surface area contributed by atoms with E-state index < -0.39 is 26.5 Å². The van der Waals surface area contributed by atoms with Crippen LogP contribution in [0.15, 0.2) is 12.2 Å². The van der Waals surface area contributed by atoms with Crippen molar-refractivity contribution in [3.05, 3.63) is 12.2 Å². The van der Waals surface area contributed by atoms with Crippen LogP contribution in [0.4, 0.5) is 0 Å². The third-order valence-electron chi connectivity index (χ3n) is 13.4. The molecule has 0 saturated heterocycles. The second-order valence-electron chi connectivity index (χ2n) is 20.2. The van der Waals surface area contributed by atoms with Crippen LogP contribution < -0.4 is 5.73 Å². The van der Waals surface area contributed by atoms with Gasteiger partial charge in [0.25, 0.3) is 0 Å². The maximum atomic E-state index is 12.7. The predicted molar refractivity (Wildman–Crippen MR) is 289 cm³/mol. The molecule has 0 rings (SSSR count). The Balaban J connectivity index is 3.91. The van der Waals surface area contributed by atoms with Crippen LogP contribution in [0, 0.1) is 0 Å². The number of carbonyl (C=O) groups excluding carboxylic acids is 2. The van der Waals surface area contributed by atoms with Crippen LogP contribution in [0.2, 0.25) is 0 Å². The first-order valence-corrected chi connectivity index (χ1v) is 31.2. The summed E-state index contributed by atoms with van der Waals surface area (Å²) in [6.07, 6.45) is 62.7. The Labute approximate surface area is 421 Å². The molecule has 3 N–H and O–H groups in total. The van der Waals surface area contributed by atoms with Crippen molar-refractivity contribution in [1.29, 1.82) is 0 Å². The molecule has 2 atom stereocenters. The highest BCUT2D eigenvalue weighted by Crippen LogP contribution is 2.43. The van der Waals surface area contributed by atoms with Gasteiger partial charge in [-0.2, -0.15) is 0 Å². The van der Waals surface area contributed by atoms with Crippen LogP contribution in [0.25, 0.3) is 0 Å². The van der Waals surface area contributed by atoms with E-state index in [-0.39, 0.29) is 38.6 Å². The molecule has 0 aromatic rings. The van der Waals surface area contributed by atoms with Crippen LogP contribution in [0.3, 0.4) is 0 Å². The zero-order chi connectivity index (χ0) is 49.5. The Kier molecular flexibility index (Phi) is 54.1. The summed E-state index contributed by atoms with van der Waals surface area (Å²) >= 11 is 0. The third kappa shape index (κ3) is 54.1. The summed E-state index contributed by atoms with van der Waals surface area (Å²) in [5.74, 6) is -0.806. The molecule has 0 amide bonds. The average Bonchev–Trinajstić information content (AvgIpc) is 3.33. The van der Waals surface area contributed by atoms with Gasteiger partial charge >= 0.3 is 19.8 Å². The van der Waals surface area contributed by atoms with Crippen molar-refractivity contribution in [2.24, 2.45) is 5.73 Å². The number of hydrogen-bond donors (Lipinski definition) is 2. The van der Waals surface area contributed by atoms with Gasteiger partial charge in [0, 0.05) is 19.4 Å². The maximum Gasteiger partial charge on any atom is 0.472 e. The number of ether oxygens (including phenoxy) is 2. The molecule has 0 spiro atoms. The van der Waals surface area contributed by atoms with E-state index in [2.05, 4.69) is 26.0 Å². The first-order chi connectivity index (χ1) is 33.3. The lowest BCUT2D eigenvalue weighted by molar-refractivity contribution is -0.161. The monoisotopic (exact) mass is 984 g/mol. The molecule has 0 aliphatic heterocycles. The summed E-state index contributed by atoms with van der Waals surface area (Å²) in [5.41, 5.74) is 5.38. The van der Waals surface area contributed by atoms with Crippen LogP contribution >= 0.6 is 7.82 Å². The smallest absolute Gasteiger partial charge is 0.462 e. The van der Waals surface area contributed by atoms with E-state index in [1.54, 1.807) is 0 Å². The van der Waals surface area contributed by atoms with Gasteiger partial charge in [-0.15, -0.1) is 0 Å². The molecule has 9 nitrogen and oxygen atoms in total. The van der Waals surface area contributed by atoms with Gasteiger partial charge in [0.05, 0.1) is 13.2 Å². The second kappa shape index (κ2) is 55.1. The molecule has 0 aromatic heterocycles. The molecular formula is C58H114NO8P. The van der Waals surface area contributed by atoms with Gasteiger partial charge < -0.3 is 20.1 Å². The highest BCUT2D eigenvalue weighted by atomic mass is 31.2. The topological polar surface area (TPSA) is 134 Å². The lowest BCUT2D eigenvalue weighted by atomic mass is 10.0. The predicted octanol–water partition coefficient (Wildman–Crippen LogP) is 18.5. The number of hydrogen-bond acceptors (Lipinski definition) is 8. The fraction of sp³-hybridized carbons (Fsp3) is 0.931. The quantitative estimate of drug-likeness (QED) is 0.0264. The summed E-state index contributed by atoms with van der Waals surface area (Å²) in [6.45, 7) is 3.81. The van der Waals surface area contributed by atoms with Crippen LogP contribution in [-0.4, -0.2) is 49.3 Å². The number of allylic oxidation sites excluding steroid dienone is 2. The highest BCUT2D eigenvalue weighted by molar-refractivity contribution is 7.47. The molecule has 0 fully saturated rings. The van der Waals surface area contributed by atoms with E-state index in [9.17, 15) is 19.0 Å². The van der Waals surface area contributed by atoms with Crippen LogP contribution in [0.5, 0.6) is 0 Å². The van der Waals surface area contributed by atoms with Crippen molar-refractivity contribution in [2.45, 2.75) is 322 Å². The van der Waals surface area contributed by atoms with E-state index in [0.29, 0.717) is 6.42 Å². The van der Waals surface area contributed by atoms with Crippen molar-refractivity contribution >= 4 is 19.8 Å². The van der Waals surface area contributed by atoms with E-state index in [1.807, 2.05) is 0 Å². The number of phosphoric ester groups is 1. The molecule has 0 heterocycles. The van der Waals surface area contributed by atoms with Crippen LogP contribution in [0.1, 0.15) is 316 Å². The number of rotatable bonds is 57. The fourth-order valence-electron chi connectivity index (χ4n) is 8.99. The first-order valence-electron chi connectivity index (χ1n) is 29.7. The van der Waals surface area contributed by atoms with Gasteiger partial charge in [0.15, 0.2) is 6.10 Å². The molecule has 0 aliphatic carbocycles. The third-order valence-corrected chi connectivity index (χ3v) is 14.4. The molecule has 0 radical (unpaired) electrons. The molecule has 0 aromatic carbocycles. The molecule has 68 heavy (non-hydrogen) atoms. The molecule has 404 valence electrons.